The van der Waals surface area contributed by atoms with Crippen LogP contribution in [0.25, 0.3) is 0 Å². The largest absolute Gasteiger partial charge is 0.310 e. The predicted octanol–water partition coefficient (Wildman–Crippen LogP) is 1.82. The fraction of sp³-hybridized carbons (Fsp3) is 0.800. The second kappa shape index (κ2) is 6.98. The van der Waals surface area contributed by atoms with E-state index in [-0.39, 0.29) is 5.54 Å². The number of aryl methyl sites for hydroxylation is 1. The molecule has 1 fully saturated rings. The van der Waals surface area contributed by atoms with Gasteiger partial charge in [-0.1, -0.05) is 6.92 Å². The van der Waals surface area contributed by atoms with Crippen LogP contribution in [0, 0.1) is 0 Å². The van der Waals surface area contributed by atoms with E-state index in [0.717, 1.165) is 19.5 Å². The summed E-state index contributed by atoms with van der Waals surface area (Å²) in [6, 6.07) is 0. The fourth-order valence-electron chi connectivity index (χ4n) is 2.61. The lowest BCUT2D eigenvalue weighted by Crippen LogP contribution is -2.57. The van der Waals surface area contributed by atoms with E-state index in [0.29, 0.717) is 0 Å². The second-order valence-electron chi connectivity index (χ2n) is 6.28. The van der Waals surface area contributed by atoms with E-state index in [9.17, 15) is 0 Å². The van der Waals surface area contributed by atoms with Crippen molar-refractivity contribution < 1.29 is 0 Å². The van der Waals surface area contributed by atoms with Crippen LogP contribution in [0.4, 0.5) is 0 Å². The SMILES string of the molecule is CCc1ncc(CNCC(C)(C)N2CCN(C)CC2)s1. The van der Waals surface area contributed by atoms with Gasteiger partial charge in [0.1, 0.15) is 0 Å². The summed E-state index contributed by atoms with van der Waals surface area (Å²) >= 11 is 1.83. The molecule has 0 atom stereocenters. The quantitative estimate of drug-likeness (QED) is 0.868. The van der Waals surface area contributed by atoms with E-state index in [1.165, 1.54) is 36.1 Å². The van der Waals surface area contributed by atoms with Gasteiger partial charge in [-0.3, -0.25) is 4.90 Å². The molecule has 2 heterocycles. The zero-order valence-corrected chi connectivity index (χ0v) is 14.1. The van der Waals surface area contributed by atoms with Crippen molar-refractivity contribution in [3.8, 4) is 0 Å². The molecule has 1 saturated heterocycles. The zero-order chi connectivity index (χ0) is 14.6. The van der Waals surface area contributed by atoms with Crippen LogP contribution in [0.2, 0.25) is 0 Å². The molecule has 0 radical (unpaired) electrons. The number of hydrogen-bond donors (Lipinski definition) is 1. The first kappa shape index (κ1) is 15.9. The summed E-state index contributed by atoms with van der Waals surface area (Å²) in [6.45, 7) is 13.5. The maximum Gasteiger partial charge on any atom is 0.0925 e. The molecule has 0 aliphatic carbocycles. The molecule has 20 heavy (non-hydrogen) atoms. The van der Waals surface area contributed by atoms with Crippen molar-refractivity contribution >= 4 is 11.3 Å². The molecule has 1 aromatic heterocycles. The van der Waals surface area contributed by atoms with Gasteiger partial charge in [0.05, 0.1) is 5.01 Å². The van der Waals surface area contributed by atoms with E-state index >= 15 is 0 Å². The minimum Gasteiger partial charge on any atom is -0.310 e. The highest BCUT2D eigenvalue weighted by Crippen LogP contribution is 2.17. The Morgan fingerprint density at radius 3 is 2.60 bits per heavy atom. The number of likely N-dealkylation sites (N-methyl/N-ethyl adjacent to an activating group) is 1. The Morgan fingerprint density at radius 2 is 2.00 bits per heavy atom. The average molecular weight is 296 g/mol. The maximum absolute atomic E-state index is 4.41. The Labute approximate surface area is 127 Å². The molecule has 0 spiro atoms. The Morgan fingerprint density at radius 1 is 1.30 bits per heavy atom. The highest BCUT2D eigenvalue weighted by molar-refractivity contribution is 7.11. The lowest BCUT2D eigenvalue weighted by Gasteiger charge is -2.43. The van der Waals surface area contributed by atoms with Crippen LogP contribution in [0.1, 0.15) is 30.7 Å². The van der Waals surface area contributed by atoms with Gasteiger partial charge in [0.25, 0.3) is 0 Å². The summed E-state index contributed by atoms with van der Waals surface area (Å²) in [6.07, 6.45) is 3.05. The van der Waals surface area contributed by atoms with Crippen LogP contribution in [-0.2, 0) is 13.0 Å². The van der Waals surface area contributed by atoms with E-state index < -0.39 is 0 Å². The van der Waals surface area contributed by atoms with Crippen molar-refractivity contribution in [3.05, 3.63) is 16.1 Å². The lowest BCUT2D eigenvalue weighted by atomic mass is 10.0. The molecular weight excluding hydrogens is 268 g/mol. The maximum atomic E-state index is 4.41. The molecule has 1 aliphatic heterocycles. The predicted molar refractivity (Wildman–Crippen MR) is 86.3 cm³/mol. The topological polar surface area (TPSA) is 31.4 Å². The van der Waals surface area contributed by atoms with Crippen LogP contribution >= 0.6 is 11.3 Å². The normalized spacial score (nSPS) is 18.6. The van der Waals surface area contributed by atoms with E-state index in [4.69, 9.17) is 0 Å². The van der Waals surface area contributed by atoms with Gasteiger partial charge < -0.3 is 10.2 Å². The fourth-order valence-corrected chi connectivity index (χ4v) is 3.44. The minimum absolute atomic E-state index is 0.222. The monoisotopic (exact) mass is 296 g/mol. The van der Waals surface area contributed by atoms with Gasteiger partial charge in [0, 0.05) is 55.9 Å². The van der Waals surface area contributed by atoms with Crippen molar-refractivity contribution in [2.75, 3.05) is 39.8 Å². The summed E-state index contributed by atoms with van der Waals surface area (Å²) in [5.74, 6) is 0. The standard InChI is InChI=1S/C15H28N4S/c1-5-14-17-11-13(20-14)10-16-12-15(2,3)19-8-6-18(4)7-9-19/h11,16H,5-10,12H2,1-4H3. The third kappa shape index (κ3) is 4.25. The average Bonchev–Trinajstić information content (AvgIpc) is 2.87. The molecule has 1 aromatic rings. The summed E-state index contributed by atoms with van der Waals surface area (Å²) in [5.41, 5.74) is 0.222. The third-order valence-corrected chi connectivity index (χ3v) is 5.26. The van der Waals surface area contributed by atoms with Gasteiger partial charge in [-0.2, -0.15) is 0 Å². The summed E-state index contributed by atoms with van der Waals surface area (Å²) in [7, 11) is 2.21. The van der Waals surface area contributed by atoms with Crippen LogP contribution in [0.3, 0.4) is 0 Å². The van der Waals surface area contributed by atoms with E-state index in [2.05, 4.69) is 47.9 Å². The molecule has 5 heteroatoms. The summed E-state index contributed by atoms with van der Waals surface area (Å²) in [5, 5.41) is 4.84. The number of nitrogens with one attached hydrogen (secondary N) is 1. The number of aromatic nitrogens is 1. The minimum atomic E-state index is 0.222. The summed E-state index contributed by atoms with van der Waals surface area (Å²) in [4.78, 5) is 10.8. The molecular formula is C15H28N4S. The molecule has 114 valence electrons. The number of thiazole rings is 1. The first-order chi connectivity index (χ1) is 9.51. The molecule has 1 aliphatic rings. The van der Waals surface area contributed by atoms with Crippen LogP contribution in [0.15, 0.2) is 6.20 Å². The Kier molecular flexibility index (Phi) is 5.55. The number of piperazine rings is 1. The van der Waals surface area contributed by atoms with Gasteiger partial charge >= 0.3 is 0 Å². The number of nitrogens with zero attached hydrogens (tertiary/aromatic N) is 3. The Hall–Kier alpha value is -0.490. The molecule has 0 saturated carbocycles. The first-order valence-electron chi connectivity index (χ1n) is 7.59. The highest BCUT2D eigenvalue weighted by atomic mass is 32.1. The van der Waals surface area contributed by atoms with Crippen LogP contribution in [0.5, 0.6) is 0 Å². The van der Waals surface area contributed by atoms with E-state index in [1.54, 1.807) is 0 Å². The summed E-state index contributed by atoms with van der Waals surface area (Å²) < 4.78 is 0. The number of hydrogen-bond acceptors (Lipinski definition) is 5. The van der Waals surface area contributed by atoms with E-state index in [1.807, 2.05) is 17.5 Å². The van der Waals surface area contributed by atoms with Crippen molar-refractivity contribution in [2.45, 2.75) is 39.3 Å². The van der Waals surface area contributed by atoms with Crippen molar-refractivity contribution in [3.63, 3.8) is 0 Å². The lowest BCUT2D eigenvalue weighted by molar-refractivity contribution is 0.0618. The molecule has 0 aromatic carbocycles. The molecule has 0 unspecified atom stereocenters. The molecule has 2 rings (SSSR count). The van der Waals surface area contributed by atoms with Gasteiger partial charge in [-0.05, 0) is 27.3 Å². The van der Waals surface area contributed by atoms with Crippen molar-refractivity contribution in [1.29, 1.82) is 0 Å². The highest BCUT2D eigenvalue weighted by Gasteiger charge is 2.28. The Bertz CT molecular complexity index is 408. The molecule has 4 nitrogen and oxygen atoms in total. The van der Waals surface area contributed by atoms with Gasteiger partial charge in [-0.15, -0.1) is 11.3 Å². The first-order valence-corrected chi connectivity index (χ1v) is 8.41. The zero-order valence-electron chi connectivity index (χ0n) is 13.3. The van der Waals surface area contributed by atoms with Gasteiger partial charge in [-0.25, -0.2) is 4.98 Å². The van der Waals surface area contributed by atoms with Crippen molar-refractivity contribution in [2.24, 2.45) is 0 Å². The molecule has 0 amide bonds. The smallest absolute Gasteiger partial charge is 0.0925 e. The Balaban J connectivity index is 1.77. The molecule has 1 N–H and O–H groups in total. The van der Waals surface area contributed by atoms with Crippen LogP contribution in [-0.4, -0.2) is 60.1 Å². The second-order valence-corrected chi connectivity index (χ2v) is 7.48. The third-order valence-electron chi connectivity index (χ3n) is 4.12. The van der Waals surface area contributed by atoms with Gasteiger partial charge in [0.15, 0.2) is 0 Å². The van der Waals surface area contributed by atoms with Gasteiger partial charge in [0.2, 0.25) is 0 Å². The van der Waals surface area contributed by atoms with Crippen LogP contribution < -0.4 is 5.32 Å². The number of rotatable bonds is 6. The van der Waals surface area contributed by atoms with Crippen molar-refractivity contribution in [1.82, 2.24) is 20.1 Å². The molecule has 0 bridgehead atoms.